The molecule has 0 amide bonds. The number of phenols is 1. The predicted molar refractivity (Wildman–Crippen MR) is 87.1 cm³/mol. The fourth-order valence-corrected chi connectivity index (χ4v) is 3.04. The summed E-state index contributed by atoms with van der Waals surface area (Å²) in [4.78, 5) is 1.91. The fourth-order valence-electron chi connectivity index (χ4n) is 2.46. The summed E-state index contributed by atoms with van der Waals surface area (Å²) in [6, 6.07) is 6.39. The molecule has 1 atom stereocenters. The second-order valence-corrected chi connectivity index (χ2v) is 6.00. The lowest BCUT2D eigenvalue weighted by molar-refractivity contribution is 0.0244. The first-order valence-corrected chi connectivity index (χ1v) is 7.78. The zero-order chi connectivity index (χ0) is 16.4. The highest BCUT2D eigenvalue weighted by Gasteiger charge is 2.22. The first-order valence-electron chi connectivity index (χ1n) is 7.03. The van der Waals surface area contributed by atoms with Gasteiger partial charge in [-0.25, -0.2) is 4.39 Å². The Bertz CT molecular complexity index is 677. The van der Waals surface area contributed by atoms with Crippen molar-refractivity contribution in [2.45, 2.75) is 6.10 Å². The van der Waals surface area contributed by atoms with Crippen LogP contribution in [0.2, 0.25) is 10.0 Å². The minimum atomic E-state index is -0.531. The zero-order valence-corrected chi connectivity index (χ0v) is 13.6. The Kier molecular flexibility index (Phi) is 4.84. The second-order valence-electron chi connectivity index (χ2n) is 5.15. The largest absolute Gasteiger partial charge is 0.507 e. The van der Waals surface area contributed by atoms with Gasteiger partial charge in [0, 0.05) is 18.1 Å². The molecule has 0 unspecified atom stereocenters. The van der Waals surface area contributed by atoms with Crippen LogP contribution in [0.4, 0.5) is 10.2 Å². The van der Waals surface area contributed by atoms with Crippen LogP contribution in [0.3, 0.4) is 0 Å². The van der Waals surface area contributed by atoms with Crippen LogP contribution < -0.4 is 4.90 Å². The summed E-state index contributed by atoms with van der Waals surface area (Å²) in [6.07, 6.45) is -0.444. The number of hydrogen-bond donors (Lipinski definition) is 1. The maximum absolute atomic E-state index is 12.7. The number of nitrogens with zero attached hydrogens (tertiary/aromatic N) is 3. The summed E-state index contributed by atoms with van der Waals surface area (Å²) in [5.41, 5.74) is 0.807. The molecule has 8 heteroatoms. The summed E-state index contributed by atoms with van der Waals surface area (Å²) in [5, 5.41) is 18.9. The average molecular weight is 358 g/mol. The second kappa shape index (κ2) is 6.86. The van der Waals surface area contributed by atoms with E-state index in [4.69, 9.17) is 27.9 Å². The van der Waals surface area contributed by atoms with Gasteiger partial charge in [-0.05, 0) is 24.3 Å². The molecule has 122 valence electrons. The fraction of sp³-hybridized carbons (Fsp3) is 0.333. The van der Waals surface area contributed by atoms with Crippen molar-refractivity contribution in [2.24, 2.45) is 0 Å². The van der Waals surface area contributed by atoms with Crippen molar-refractivity contribution in [3.63, 3.8) is 0 Å². The molecular formula is C15H14Cl2FN3O2. The van der Waals surface area contributed by atoms with Crippen molar-refractivity contribution in [3.05, 3.63) is 34.3 Å². The molecule has 0 aliphatic carbocycles. The number of anilines is 1. The van der Waals surface area contributed by atoms with Gasteiger partial charge in [0.25, 0.3) is 0 Å². The quantitative estimate of drug-likeness (QED) is 0.912. The molecule has 0 saturated carbocycles. The predicted octanol–water partition coefficient (Wildman–Crippen LogP) is 3.33. The minimum absolute atomic E-state index is 0.0617. The SMILES string of the molecule is Oc1cc(Cl)cc(Cl)c1-c1ccc(N2CCO[C@@H](CF)C2)nn1. The van der Waals surface area contributed by atoms with E-state index in [0.29, 0.717) is 46.8 Å². The number of morpholine rings is 1. The highest BCUT2D eigenvalue weighted by atomic mass is 35.5. The molecule has 23 heavy (non-hydrogen) atoms. The molecule has 2 aromatic rings. The molecule has 1 aromatic carbocycles. The molecule has 2 heterocycles. The Morgan fingerprint density at radius 2 is 2.13 bits per heavy atom. The molecule has 0 spiro atoms. The van der Waals surface area contributed by atoms with Crippen LogP contribution in [0.15, 0.2) is 24.3 Å². The number of rotatable bonds is 3. The molecule has 0 bridgehead atoms. The number of phenolic OH excluding ortho intramolecular Hbond substituents is 1. The molecule has 1 aromatic heterocycles. The van der Waals surface area contributed by atoms with Gasteiger partial charge in [-0.1, -0.05) is 23.2 Å². The lowest BCUT2D eigenvalue weighted by Crippen LogP contribution is -2.43. The van der Waals surface area contributed by atoms with Gasteiger partial charge in [0.2, 0.25) is 0 Å². The Morgan fingerprint density at radius 1 is 1.30 bits per heavy atom. The van der Waals surface area contributed by atoms with Crippen molar-refractivity contribution in [1.29, 1.82) is 0 Å². The molecule has 1 fully saturated rings. The van der Waals surface area contributed by atoms with Crippen molar-refractivity contribution in [2.75, 3.05) is 31.3 Å². The number of benzene rings is 1. The number of ether oxygens (including phenoxy) is 1. The van der Waals surface area contributed by atoms with Gasteiger partial charge in [-0.15, -0.1) is 10.2 Å². The van der Waals surface area contributed by atoms with Crippen LogP contribution in [0.25, 0.3) is 11.3 Å². The minimum Gasteiger partial charge on any atom is -0.507 e. The van der Waals surface area contributed by atoms with Gasteiger partial charge in [0.1, 0.15) is 18.5 Å². The molecule has 1 aliphatic heterocycles. The number of aromatic hydroxyl groups is 1. The van der Waals surface area contributed by atoms with E-state index in [2.05, 4.69) is 10.2 Å². The molecular weight excluding hydrogens is 344 g/mol. The third-order valence-electron chi connectivity index (χ3n) is 3.58. The normalized spacial score (nSPS) is 18.2. The molecule has 3 rings (SSSR count). The van der Waals surface area contributed by atoms with Gasteiger partial charge < -0.3 is 14.7 Å². The van der Waals surface area contributed by atoms with Crippen LogP contribution in [-0.4, -0.2) is 47.8 Å². The van der Waals surface area contributed by atoms with Crippen molar-refractivity contribution >= 4 is 29.0 Å². The van der Waals surface area contributed by atoms with Crippen molar-refractivity contribution in [3.8, 4) is 17.0 Å². The number of hydrogen-bond acceptors (Lipinski definition) is 5. The van der Waals surface area contributed by atoms with E-state index >= 15 is 0 Å². The molecule has 1 aliphatic rings. The summed E-state index contributed by atoms with van der Waals surface area (Å²) >= 11 is 11.9. The average Bonchev–Trinajstić information content (AvgIpc) is 2.54. The summed E-state index contributed by atoms with van der Waals surface area (Å²) in [6.45, 7) is 0.965. The third-order valence-corrected chi connectivity index (χ3v) is 4.09. The highest BCUT2D eigenvalue weighted by Crippen LogP contribution is 2.37. The van der Waals surface area contributed by atoms with E-state index in [0.717, 1.165) is 0 Å². The standard InChI is InChI=1S/C15H14Cl2FN3O2/c16-9-5-11(17)15(13(22)6-9)12-1-2-14(20-19-12)21-3-4-23-10(7-18)8-21/h1-2,5-6,10,22H,3-4,7-8H2/t10-/m0/s1. The zero-order valence-electron chi connectivity index (χ0n) is 12.0. The first-order chi connectivity index (χ1) is 11.1. The summed E-state index contributed by atoms with van der Waals surface area (Å²) in [5.74, 6) is 0.563. The molecule has 1 saturated heterocycles. The topological polar surface area (TPSA) is 58.5 Å². The molecule has 0 radical (unpaired) electrons. The first kappa shape index (κ1) is 16.2. The lowest BCUT2D eigenvalue weighted by Gasteiger charge is -2.32. The van der Waals surface area contributed by atoms with Gasteiger partial charge in [-0.3, -0.25) is 0 Å². The van der Waals surface area contributed by atoms with Gasteiger partial charge in [0.05, 0.1) is 22.9 Å². The van der Waals surface area contributed by atoms with E-state index in [1.165, 1.54) is 12.1 Å². The van der Waals surface area contributed by atoms with E-state index in [9.17, 15) is 9.50 Å². The molecule has 1 N–H and O–H groups in total. The van der Waals surface area contributed by atoms with E-state index in [1.807, 2.05) is 4.90 Å². The Balaban J connectivity index is 1.85. The maximum atomic E-state index is 12.7. The van der Waals surface area contributed by atoms with E-state index in [1.54, 1.807) is 12.1 Å². The van der Waals surface area contributed by atoms with Crippen molar-refractivity contribution in [1.82, 2.24) is 10.2 Å². The maximum Gasteiger partial charge on any atom is 0.151 e. The Labute approximate surface area is 142 Å². The van der Waals surface area contributed by atoms with Crippen LogP contribution >= 0.6 is 23.2 Å². The summed E-state index contributed by atoms with van der Waals surface area (Å²) < 4.78 is 18.0. The number of halogens is 3. The van der Waals surface area contributed by atoms with Gasteiger partial charge in [-0.2, -0.15) is 0 Å². The third kappa shape index (κ3) is 3.49. The molecule has 5 nitrogen and oxygen atoms in total. The van der Waals surface area contributed by atoms with Crippen molar-refractivity contribution < 1.29 is 14.2 Å². The smallest absolute Gasteiger partial charge is 0.151 e. The highest BCUT2D eigenvalue weighted by molar-refractivity contribution is 6.36. The van der Waals surface area contributed by atoms with E-state index < -0.39 is 12.8 Å². The lowest BCUT2D eigenvalue weighted by atomic mass is 10.1. The monoisotopic (exact) mass is 357 g/mol. The van der Waals surface area contributed by atoms with Crippen LogP contribution in [0.1, 0.15) is 0 Å². The van der Waals surface area contributed by atoms with Crippen LogP contribution in [0, 0.1) is 0 Å². The van der Waals surface area contributed by atoms with Crippen LogP contribution in [0.5, 0.6) is 5.75 Å². The van der Waals surface area contributed by atoms with Crippen LogP contribution in [-0.2, 0) is 4.74 Å². The number of alkyl halides is 1. The Hall–Kier alpha value is -1.63. The van der Waals surface area contributed by atoms with Gasteiger partial charge >= 0.3 is 0 Å². The summed E-state index contributed by atoms with van der Waals surface area (Å²) in [7, 11) is 0. The van der Waals surface area contributed by atoms with E-state index in [-0.39, 0.29) is 5.75 Å². The number of aromatic nitrogens is 2. The van der Waals surface area contributed by atoms with Gasteiger partial charge in [0.15, 0.2) is 5.82 Å². The Morgan fingerprint density at radius 3 is 2.78 bits per heavy atom.